The Morgan fingerprint density at radius 3 is 2.90 bits per heavy atom. The number of aryl methyl sites for hydroxylation is 1. The second-order valence-corrected chi connectivity index (χ2v) is 5.83. The first-order chi connectivity index (χ1) is 9.74. The fourth-order valence-electron chi connectivity index (χ4n) is 2.62. The average Bonchev–Trinajstić information content (AvgIpc) is 2.98. The van der Waals surface area contributed by atoms with E-state index in [1.807, 2.05) is 11.9 Å². The Morgan fingerprint density at radius 1 is 1.43 bits per heavy atom. The number of amides is 1. The number of carbonyl (C=O) groups excluding carboxylic acids is 1. The van der Waals surface area contributed by atoms with Crippen molar-refractivity contribution < 1.29 is 9.32 Å². The molecule has 7 heteroatoms. The van der Waals surface area contributed by atoms with E-state index in [2.05, 4.69) is 15.5 Å². The van der Waals surface area contributed by atoms with Gasteiger partial charge in [-0.1, -0.05) is 5.16 Å². The van der Waals surface area contributed by atoms with E-state index < -0.39 is 0 Å². The van der Waals surface area contributed by atoms with Gasteiger partial charge in [0.2, 0.25) is 11.8 Å². The third-order valence-corrected chi connectivity index (χ3v) is 4.18. The van der Waals surface area contributed by atoms with Crippen LogP contribution in [-0.4, -0.2) is 47.1 Å². The fourth-order valence-corrected chi connectivity index (χ4v) is 2.62. The Labute approximate surface area is 131 Å². The zero-order valence-electron chi connectivity index (χ0n) is 12.4. The highest BCUT2D eigenvalue weighted by atomic mass is 35.5. The van der Waals surface area contributed by atoms with Crippen molar-refractivity contribution in [3.8, 4) is 0 Å². The number of hydrogen-bond acceptors (Lipinski definition) is 5. The lowest BCUT2D eigenvalue weighted by Crippen LogP contribution is -2.38. The van der Waals surface area contributed by atoms with E-state index in [1.54, 1.807) is 0 Å². The highest BCUT2D eigenvalue weighted by molar-refractivity contribution is 5.85. The fraction of sp³-hybridized carbons (Fsp3) is 0.786. The van der Waals surface area contributed by atoms with E-state index in [-0.39, 0.29) is 18.3 Å². The molecule has 118 valence electrons. The molecule has 1 aromatic heterocycles. The van der Waals surface area contributed by atoms with Crippen molar-refractivity contribution in [1.29, 1.82) is 0 Å². The van der Waals surface area contributed by atoms with Gasteiger partial charge in [0, 0.05) is 38.4 Å². The summed E-state index contributed by atoms with van der Waals surface area (Å²) in [6, 6.07) is 0.354. The van der Waals surface area contributed by atoms with Crippen molar-refractivity contribution in [3.05, 3.63) is 11.7 Å². The zero-order valence-corrected chi connectivity index (χ0v) is 13.2. The van der Waals surface area contributed by atoms with Crippen LogP contribution in [0.2, 0.25) is 0 Å². The van der Waals surface area contributed by atoms with Gasteiger partial charge in [0.25, 0.3) is 0 Å². The van der Waals surface area contributed by atoms with E-state index in [4.69, 9.17) is 4.52 Å². The van der Waals surface area contributed by atoms with Crippen LogP contribution in [0.3, 0.4) is 0 Å². The van der Waals surface area contributed by atoms with Gasteiger partial charge in [-0.3, -0.25) is 4.79 Å². The van der Waals surface area contributed by atoms with Crippen LogP contribution in [0.1, 0.15) is 49.7 Å². The molecule has 1 amide bonds. The lowest BCUT2D eigenvalue weighted by Gasteiger charge is -2.23. The molecule has 21 heavy (non-hydrogen) atoms. The Kier molecular flexibility index (Phi) is 5.58. The zero-order chi connectivity index (χ0) is 13.9. The first kappa shape index (κ1) is 16.2. The number of carbonyl (C=O) groups is 1. The molecule has 1 N–H and O–H groups in total. The van der Waals surface area contributed by atoms with Crippen LogP contribution in [-0.2, 0) is 11.2 Å². The van der Waals surface area contributed by atoms with Gasteiger partial charge in [0.1, 0.15) is 0 Å². The molecule has 1 aromatic rings. The maximum atomic E-state index is 12.1. The van der Waals surface area contributed by atoms with Gasteiger partial charge in [-0.05, 0) is 32.2 Å². The van der Waals surface area contributed by atoms with Gasteiger partial charge in [-0.2, -0.15) is 4.98 Å². The summed E-state index contributed by atoms with van der Waals surface area (Å²) in [6.07, 6.45) is 5.43. The number of aromatic nitrogens is 2. The van der Waals surface area contributed by atoms with Crippen LogP contribution in [0.4, 0.5) is 0 Å². The van der Waals surface area contributed by atoms with Crippen molar-refractivity contribution in [2.75, 3.05) is 20.1 Å². The molecule has 0 bridgehead atoms. The molecule has 0 radical (unpaired) electrons. The van der Waals surface area contributed by atoms with E-state index in [1.165, 1.54) is 12.8 Å². The summed E-state index contributed by atoms with van der Waals surface area (Å²) in [5.41, 5.74) is 0. The van der Waals surface area contributed by atoms with E-state index in [0.29, 0.717) is 30.7 Å². The third-order valence-electron chi connectivity index (χ3n) is 4.18. The maximum Gasteiger partial charge on any atom is 0.226 e. The standard InChI is InChI=1S/C14H22N4O2.ClH/c1-18(11-7-8-15-9-11)13(19)4-2-3-12-16-14(17-20-12)10-5-6-10;/h10-11,15H,2-9H2,1H3;1H. The second-order valence-electron chi connectivity index (χ2n) is 5.83. The monoisotopic (exact) mass is 314 g/mol. The predicted molar refractivity (Wildman–Crippen MR) is 80.5 cm³/mol. The van der Waals surface area contributed by atoms with Gasteiger partial charge in [-0.25, -0.2) is 0 Å². The summed E-state index contributed by atoms with van der Waals surface area (Å²) in [5, 5.41) is 7.27. The second kappa shape index (κ2) is 7.22. The largest absolute Gasteiger partial charge is 0.341 e. The summed E-state index contributed by atoms with van der Waals surface area (Å²) in [5.74, 6) is 2.25. The van der Waals surface area contributed by atoms with Crippen molar-refractivity contribution in [2.45, 2.75) is 50.5 Å². The Hall–Kier alpha value is -1.14. The Balaban J connectivity index is 0.00000161. The highest BCUT2D eigenvalue weighted by Crippen LogP contribution is 2.38. The minimum Gasteiger partial charge on any atom is -0.341 e. The molecule has 2 heterocycles. The molecule has 1 aliphatic heterocycles. The summed E-state index contributed by atoms with van der Waals surface area (Å²) in [7, 11) is 1.90. The average molecular weight is 315 g/mol. The number of rotatable bonds is 6. The SMILES string of the molecule is CN(C(=O)CCCc1nc(C2CC2)no1)C1CCNC1.Cl. The molecule has 0 spiro atoms. The molecule has 2 aliphatic rings. The molecule has 6 nitrogen and oxygen atoms in total. The number of halogens is 1. The summed E-state index contributed by atoms with van der Waals surface area (Å²) >= 11 is 0. The number of nitrogens with one attached hydrogen (secondary N) is 1. The third kappa shape index (κ3) is 4.17. The van der Waals surface area contributed by atoms with Crippen LogP contribution < -0.4 is 5.32 Å². The van der Waals surface area contributed by atoms with Crippen LogP contribution in [0.15, 0.2) is 4.52 Å². The Bertz CT molecular complexity index is 469. The predicted octanol–water partition coefficient (Wildman–Crippen LogP) is 1.51. The van der Waals surface area contributed by atoms with E-state index in [0.717, 1.165) is 31.8 Å². The molecular formula is C14H23ClN4O2. The molecule has 1 saturated carbocycles. The van der Waals surface area contributed by atoms with Gasteiger partial charge in [-0.15, -0.1) is 12.4 Å². The number of likely N-dealkylation sites (N-methyl/N-ethyl adjacent to an activating group) is 1. The van der Waals surface area contributed by atoms with Crippen LogP contribution in [0.5, 0.6) is 0 Å². The van der Waals surface area contributed by atoms with Crippen molar-refractivity contribution in [3.63, 3.8) is 0 Å². The topological polar surface area (TPSA) is 71.3 Å². The molecule has 1 saturated heterocycles. The number of hydrogen-bond donors (Lipinski definition) is 1. The number of nitrogens with zero attached hydrogens (tertiary/aromatic N) is 3. The lowest BCUT2D eigenvalue weighted by atomic mass is 10.2. The quantitative estimate of drug-likeness (QED) is 0.862. The molecule has 0 aromatic carbocycles. The molecule has 2 fully saturated rings. The summed E-state index contributed by atoms with van der Waals surface area (Å²) in [6.45, 7) is 1.92. The minimum absolute atomic E-state index is 0. The summed E-state index contributed by atoms with van der Waals surface area (Å²) in [4.78, 5) is 18.3. The van der Waals surface area contributed by atoms with Crippen LogP contribution in [0, 0.1) is 0 Å². The van der Waals surface area contributed by atoms with E-state index in [9.17, 15) is 4.79 Å². The van der Waals surface area contributed by atoms with Crippen molar-refractivity contribution in [2.24, 2.45) is 0 Å². The maximum absolute atomic E-state index is 12.1. The minimum atomic E-state index is 0. The molecule has 1 aliphatic carbocycles. The van der Waals surface area contributed by atoms with Gasteiger partial charge in [0.15, 0.2) is 5.82 Å². The van der Waals surface area contributed by atoms with E-state index >= 15 is 0 Å². The lowest BCUT2D eigenvalue weighted by molar-refractivity contribution is -0.131. The van der Waals surface area contributed by atoms with Crippen molar-refractivity contribution in [1.82, 2.24) is 20.4 Å². The Morgan fingerprint density at radius 2 is 2.24 bits per heavy atom. The van der Waals surface area contributed by atoms with Crippen LogP contribution in [0.25, 0.3) is 0 Å². The normalized spacial score (nSPS) is 21.1. The molecule has 3 rings (SSSR count). The molecule has 1 atom stereocenters. The van der Waals surface area contributed by atoms with Gasteiger partial charge < -0.3 is 14.7 Å². The van der Waals surface area contributed by atoms with Crippen LogP contribution >= 0.6 is 12.4 Å². The van der Waals surface area contributed by atoms with Gasteiger partial charge in [0.05, 0.1) is 0 Å². The summed E-state index contributed by atoms with van der Waals surface area (Å²) < 4.78 is 5.21. The van der Waals surface area contributed by atoms with Crippen molar-refractivity contribution >= 4 is 18.3 Å². The smallest absolute Gasteiger partial charge is 0.226 e. The highest BCUT2D eigenvalue weighted by Gasteiger charge is 2.28. The first-order valence-corrected chi connectivity index (χ1v) is 7.53. The molecular weight excluding hydrogens is 292 g/mol. The molecule has 1 unspecified atom stereocenters. The first-order valence-electron chi connectivity index (χ1n) is 7.53. The van der Waals surface area contributed by atoms with Gasteiger partial charge >= 0.3 is 0 Å².